The lowest BCUT2D eigenvalue weighted by molar-refractivity contribution is -0.141. The predicted octanol–water partition coefficient (Wildman–Crippen LogP) is 3.28. The number of carboxylic acid groups (broad SMARTS) is 1. The molecule has 0 aliphatic carbocycles. The zero-order valence-electron chi connectivity index (χ0n) is 14.5. The smallest absolute Gasteiger partial charge is 0.306 e. The van der Waals surface area contributed by atoms with Crippen LogP contribution in [0.15, 0.2) is 48.5 Å². The van der Waals surface area contributed by atoms with Gasteiger partial charge in [0.1, 0.15) is 5.75 Å². The second kappa shape index (κ2) is 8.87. The van der Waals surface area contributed by atoms with Gasteiger partial charge in [0.25, 0.3) is 5.91 Å². The van der Waals surface area contributed by atoms with Crippen LogP contribution in [-0.2, 0) is 17.8 Å². The third-order valence-corrected chi connectivity index (χ3v) is 4.14. The van der Waals surface area contributed by atoms with Gasteiger partial charge in [0.05, 0.1) is 13.0 Å². The minimum atomic E-state index is -0.794. The van der Waals surface area contributed by atoms with E-state index < -0.39 is 11.9 Å². The van der Waals surface area contributed by atoms with Crippen molar-refractivity contribution in [1.82, 2.24) is 5.32 Å². The van der Waals surface area contributed by atoms with E-state index in [2.05, 4.69) is 5.32 Å². The molecule has 2 N–H and O–H groups in total. The molecule has 1 amide bonds. The second-order valence-electron chi connectivity index (χ2n) is 5.84. The summed E-state index contributed by atoms with van der Waals surface area (Å²) in [5.41, 5.74) is 2.33. The van der Waals surface area contributed by atoms with E-state index in [1.807, 2.05) is 43.3 Å². The summed E-state index contributed by atoms with van der Waals surface area (Å²) in [5, 5.41) is 12.1. The minimum Gasteiger partial charge on any atom is -0.496 e. The standard InChI is InChI=1S/C20H23NO4/c1-3-15(20(23)24)11-14-9-10-18(25-2)17(12-14)13-21-19(22)16-7-5-4-6-8-16/h4-10,12,15H,3,11,13H2,1-2H3,(H,21,22)(H,23,24)/t15-/m1/s1. The number of hydrogen-bond donors (Lipinski definition) is 2. The SMILES string of the molecule is CC[C@H](Cc1ccc(OC)c(CNC(=O)c2ccccc2)c1)C(=O)O. The first-order valence-electron chi connectivity index (χ1n) is 8.27. The molecule has 132 valence electrons. The van der Waals surface area contributed by atoms with Crippen molar-refractivity contribution in [3.8, 4) is 5.75 Å². The van der Waals surface area contributed by atoms with Crippen LogP contribution in [0.3, 0.4) is 0 Å². The highest BCUT2D eigenvalue weighted by atomic mass is 16.5. The molecule has 0 bridgehead atoms. The summed E-state index contributed by atoms with van der Waals surface area (Å²) >= 11 is 0. The summed E-state index contributed by atoms with van der Waals surface area (Å²) < 4.78 is 5.35. The molecule has 0 aliphatic rings. The molecule has 0 heterocycles. The molecule has 0 spiro atoms. The maximum Gasteiger partial charge on any atom is 0.306 e. The van der Waals surface area contributed by atoms with Gasteiger partial charge in [-0.2, -0.15) is 0 Å². The van der Waals surface area contributed by atoms with Crippen LogP contribution in [-0.4, -0.2) is 24.1 Å². The van der Waals surface area contributed by atoms with Crippen LogP contribution in [0.4, 0.5) is 0 Å². The summed E-state index contributed by atoms with van der Waals surface area (Å²) in [6, 6.07) is 14.6. The van der Waals surface area contributed by atoms with Crippen LogP contribution in [0.1, 0.15) is 34.8 Å². The Hall–Kier alpha value is -2.82. The van der Waals surface area contributed by atoms with Gasteiger partial charge in [0, 0.05) is 17.7 Å². The van der Waals surface area contributed by atoms with E-state index in [0.29, 0.717) is 30.7 Å². The Kier molecular flexibility index (Phi) is 6.57. The van der Waals surface area contributed by atoms with E-state index in [4.69, 9.17) is 4.74 Å². The number of ether oxygens (including phenoxy) is 1. The van der Waals surface area contributed by atoms with E-state index in [9.17, 15) is 14.7 Å². The lowest BCUT2D eigenvalue weighted by Crippen LogP contribution is -2.23. The monoisotopic (exact) mass is 341 g/mol. The van der Waals surface area contributed by atoms with Crippen molar-refractivity contribution >= 4 is 11.9 Å². The largest absolute Gasteiger partial charge is 0.496 e. The fourth-order valence-corrected chi connectivity index (χ4v) is 2.65. The van der Waals surface area contributed by atoms with Crippen LogP contribution in [0, 0.1) is 5.92 Å². The number of rotatable bonds is 8. The molecule has 0 fully saturated rings. The Morgan fingerprint density at radius 1 is 1.16 bits per heavy atom. The molecule has 25 heavy (non-hydrogen) atoms. The van der Waals surface area contributed by atoms with Crippen molar-refractivity contribution in [1.29, 1.82) is 0 Å². The molecule has 0 aromatic heterocycles. The number of hydrogen-bond acceptors (Lipinski definition) is 3. The first kappa shape index (κ1) is 18.5. The zero-order valence-corrected chi connectivity index (χ0v) is 14.5. The van der Waals surface area contributed by atoms with Crippen LogP contribution in [0.2, 0.25) is 0 Å². The van der Waals surface area contributed by atoms with Crippen molar-refractivity contribution in [2.24, 2.45) is 5.92 Å². The summed E-state index contributed by atoms with van der Waals surface area (Å²) in [7, 11) is 1.57. The van der Waals surface area contributed by atoms with Crippen molar-refractivity contribution in [3.63, 3.8) is 0 Å². The zero-order chi connectivity index (χ0) is 18.2. The van der Waals surface area contributed by atoms with E-state index in [1.165, 1.54) is 0 Å². The Balaban J connectivity index is 2.11. The van der Waals surface area contributed by atoms with E-state index >= 15 is 0 Å². The topological polar surface area (TPSA) is 75.6 Å². The van der Waals surface area contributed by atoms with Crippen LogP contribution < -0.4 is 10.1 Å². The lowest BCUT2D eigenvalue weighted by Gasteiger charge is -2.14. The number of methoxy groups -OCH3 is 1. The molecule has 5 nitrogen and oxygen atoms in total. The number of carbonyl (C=O) groups is 2. The number of carbonyl (C=O) groups excluding carboxylic acids is 1. The van der Waals surface area contributed by atoms with Gasteiger partial charge in [-0.25, -0.2) is 0 Å². The molecule has 0 aliphatic heterocycles. The quantitative estimate of drug-likeness (QED) is 0.772. The normalized spacial score (nSPS) is 11.6. The lowest BCUT2D eigenvalue weighted by atomic mass is 9.95. The van der Waals surface area contributed by atoms with Gasteiger partial charge in [-0.15, -0.1) is 0 Å². The fraction of sp³-hybridized carbons (Fsp3) is 0.300. The van der Waals surface area contributed by atoms with Crippen molar-refractivity contribution in [2.75, 3.05) is 7.11 Å². The third kappa shape index (κ3) is 5.08. The number of aliphatic carboxylic acids is 1. The maximum atomic E-state index is 12.2. The summed E-state index contributed by atoms with van der Waals surface area (Å²) in [6.45, 7) is 2.18. The molecule has 0 saturated heterocycles. The number of nitrogens with one attached hydrogen (secondary N) is 1. The van der Waals surface area contributed by atoms with Crippen LogP contribution >= 0.6 is 0 Å². The maximum absolute atomic E-state index is 12.2. The molecule has 2 rings (SSSR count). The average molecular weight is 341 g/mol. The van der Waals surface area contributed by atoms with Gasteiger partial charge in [0.15, 0.2) is 0 Å². The molecule has 5 heteroatoms. The van der Waals surface area contributed by atoms with Gasteiger partial charge in [-0.05, 0) is 36.6 Å². The average Bonchev–Trinajstić information content (AvgIpc) is 2.64. The number of carboxylic acids is 1. The highest BCUT2D eigenvalue weighted by Gasteiger charge is 2.16. The van der Waals surface area contributed by atoms with Gasteiger partial charge < -0.3 is 15.2 Å². The van der Waals surface area contributed by atoms with Crippen LogP contribution in [0.25, 0.3) is 0 Å². The molecular weight excluding hydrogens is 318 g/mol. The summed E-state index contributed by atoms with van der Waals surface area (Å²) in [6.07, 6.45) is 1.02. The third-order valence-electron chi connectivity index (χ3n) is 4.14. The molecule has 0 unspecified atom stereocenters. The Morgan fingerprint density at radius 3 is 2.48 bits per heavy atom. The second-order valence-corrected chi connectivity index (χ2v) is 5.84. The molecule has 2 aromatic rings. The minimum absolute atomic E-state index is 0.162. The van der Waals surface area contributed by atoms with Gasteiger partial charge in [0.2, 0.25) is 0 Å². The molecular formula is C20H23NO4. The Labute approximate surface area is 147 Å². The van der Waals surface area contributed by atoms with Gasteiger partial charge in [-0.3, -0.25) is 9.59 Å². The van der Waals surface area contributed by atoms with Crippen molar-refractivity contribution in [3.05, 3.63) is 65.2 Å². The predicted molar refractivity (Wildman–Crippen MR) is 95.7 cm³/mol. The van der Waals surface area contributed by atoms with Gasteiger partial charge >= 0.3 is 5.97 Å². The van der Waals surface area contributed by atoms with Crippen molar-refractivity contribution < 1.29 is 19.4 Å². The molecule has 2 aromatic carbocycles. The van der Waals surface area contributed by atoms with Gasteiger partial charge in [-0.1, -0.05) is 37.3 Å². The summed E-state index contributed by atoms with van der Waals surface area (Å²) in [5.74, 6) is -0.706. The first-order chi connectivity index (χ1) is 12.0. The summed E-state index contributed by atoms with van der Waals surface area (Å²) in [4.78, 5) is 23.4. The van der Waals surface area contributed by atoms with E-state index in [1.54, 1.807) is 19.2 Å². The van der Waals surface area contributed by atoms with E-state index in [-0.39, 0.29) is 5.91 Å². The van der Waals surface area contributed by atoms with E-state index in [0.717, 1.165) is 11.1 Å². The van der Waals surface area contributed by atoms with Crippen LogP contribution in [0.5, 0.6) is 5.75 Å². The highest BCUT2D eigenvalue weighted by Crippen LogP contribution is 2.22. The van der Waals surface area contributed by atoms with Crippen molar-refractivity contribution in [2.45, 2.75) is 26.3 Å². The first-order valence-corrected chi connectivity index (χ1v) is 8.27. The fourth-order valence-electron chi connectivity index (χ4n) is 2.65. The molecule has 0 saturated carbocycles. The molecule has 0 radical (unpaired) electrons. The Morgan fingerprint density at radius 2 is 1.88 bits per heavy atom. The number of amides is 1. The highest BCUT2D eigenvalue weighted by molar-refractivity contribution is 5.94. The Bertz CT molecular complexity index is 728. The molecule has 1 atom stereocenters. The number of benzene rings is 2.